The van der Waals surface area contributed by atoms with Crippen molar-refractivity contribution >= 4 is 33.2 Å². The van der Waals surface area contributed by atoms with Crippen molar-refractivity contribution < 1.29 is 18.0 Å². The maximum atomic E-state index is 12.7. The third-order valence-corrected chi connectivity index (χ3v) is 5.74. The summed E-state index contributed by atoms with van der Waals surface area (Å²) in [6.45, 7) is 1.70. The van der Waals surface area contributed by atoms with E-state index in [9.17, 15) is 18.0 Å². The predicted octanol–water partition coefficient (Wildman–Crippen LogP) is 2.72. The van der Waals surface area contributed by atoms with Crippen molar-refractivity contribution in [3.05, 3.63) is 89.7 Å². The van der Waals surface area contributed by atoms with E-state index in [1.54, 1.807) is 60.9 Å². The van der Waals surface area contributed by atoms with E-state index in [1.165, 1.54) is 0 Å². The fourth-order valence-electron chi connectivity index (χ4n) is 3.07. The second-order valence-electron chi connectivity index (χ2n) is 7.25. The van der Waals surface area contributed by atoms with Gasteiger partial charge in [-0.3, -0.25) is 18.9 Å². The molecule has 2 N–H and O–H groups in total. The van der Waals surface area contributed by atoms with Gasteiger partial charge in [-0.1, -0.05) is 30.3 Å². The summed E-state index contributed by atoms with van der Waals surface area (Å²) >= 11 is 0. The quantitative estimate of drug-likeness (QED) is 0.546. The molecule has 0 bridgehead atoms. The summed E-state index contributed by atoms with van der Waals surface area (Å²) in [6.07, 6.45) is 4.34. The standard InChI is InChI=1S/C23H24N4O4S/c1-17-7-5-9-19(13-17)27(32(2,30)31)16-22(28)26-21-11-4-3-10-20(21)23(29)25-15-18-8-6-12-24-14-18/h3-14H,15-16H2,1-2H3,(H,25,29)(H,26,28). The van der Waals surface area contributed by atoms with Gasteiger partial charge in [0.2, 0.25) is 15.9 Å². The summed E-state index contributed by atoms with van der Waals surface area (Å²) in [5.41, 5.74) is 2.66. The molecule has 32 heavy (non-hydrogen) atoms. The normalized spacial score (nSPS) is 10.9. The van der Waals surface area contributed by atoms with Crippen LogP contribution in [0.5, 0.6) is 0 Å². The van der Waals surface area contributed by atoms with Gasteiger partial charge < -0.3 is 10.6 Å². The number of rotatable bonds is 8. The summed E-state index contributed by atoms with van der Waals surface area (Å²) < 4.78 is 25.6. The molecule has 0 aliphatic heterocycles. The van der Waals surface area contributed by atoms with E-state index in [-0.39, 0.29) is 18.0 Å². The molecule has 3 aromatic rings. The van der Waals surface area contributed by atoms with Gasteiger partial charge in [-0.2, -0.15) is 0 Å². The lowest BCUT2D eigenvalue weighted by molar-refractivity contribution is -0.114. The molecule has 0 saturated heterocycles. The highest BCUT2D eigenvalue weighted by Gasteiger charge is 2.22. The zero-order chi connectivity index (χ0) is 23.1. The Labute approximate surface area is 187 Å². The van der Waals surface area contributed by atoms with Crippen LogP contribution in [0.1, 0.15) is 21.5 Å². The third kappa shape index (κ3) is 6.14. The smallest absolute Gasteiger partial charge is 0.253 e. The summed E-state index contributed by atoms with van der Waals surface area (Å²) in [5.74, 6) is -0.937. The Kier molecular flexibility index (Phi) is 7.21. The molecule has 0 radical (unpaired) electrons. The van der Waals surface area contributed by atoms with Crippen molar-refractivity contribution in [2.24, 2.45) is 0 Å². The minimum absolute atomic E-state index is 0.270. The zero-order valence-electron chi connectivity index (χ0n) is 17.8. The molecule has 0 aliphatic rings. The van der Waals surface area contributed by atoms with Crippen molar-refractivity contribution in [3.8, 4) is 0 Å². The van der Waals surface area contributed by atoms with Crippen molar-refractivity contribution in [1.29, 1.82) is 0 Å². The Hall–Kier alpha value is -3.72. The Morgan fingerprint density at radius 1 is 1.03 bits per heavy atom. The van der Waals surface area contributed by atoms with Crippen LogP contribution in [0.4, 0.5) is 11.4 Å². The average Bonchev–Trinajstić information content (AvgIpc) is 2.76. The van der Waals surface area contributed by atoms with Crippen LogP contribution in [0.2, 0.25) is 0 Å². The first-order valence-corrected chi connectivity index (χ1v) is 11.7. The SMILES string of the molecule is Cc1cccc(N(CC(=O)Nc2ccccc2C(=O)NCc2cccnc2)S(C)(=O)=O)c1. The maximum Gasteiger partial charge on any atom is 0.253 e. The number of benzene rings is 2. The van der Waals surface area contributed by atoms with Gasteiger partial charge in [0.15, 0.2) is 0 Å². The molecule has 8 nitrogen and oxygen atoms in total. The number of hydrogen-bond donors (Lipinski definition) is 2. The number of sulfonamides is 1. The highest BCUT2D eigenvalue weighted by atomic mass is 32.2. The Balaban J connectivity index is 1.74. The molecule has 0 unspecified atom stereocenters. The van der Waals surface area contributed by atoms with Crippen molar-refractivity contribution in [1.82, 2.24) is 10.3 Å². The molecular formula is C23H24N4O4S. The molecule has 2 aromatic carbocycles. The number of pyridine rings is 1. The number of para-hydroxylation sites is 1. The minimum atomic E-state index is -3.70. The van der Waals surface area contributed by atoms with Crippen molar-refractivity contribution in [2.45, 2.75) is 13.5 Å². The largest absolute Gasteiger partial charge is 0.348 e. The molecule has 0 atom stereocenters. The van der Waals surface area contributed by atoms with Crippen molar-refractivity contribution in [3.63, 3.8) is 0 Å². The number of hydrogen-bond acceptors (Lipinski definition) is 5. The second-order valence-corrected chi connectivity index (χ2v) is 9.15. The first-order chi connectivity index (χ1) is 15.2. The van der Waals surface area contributed by atoms with Crippen LogP contribution in [0.3, 0.4) is 0 Å². The van der Waals surface area contributed by atoms with Gasteiger partial charge in [-0.25, -0.2) is 8.42 Å². The highest BCUT2D eigenvalue weighted by molar-refractivity contribution is 7.92. The number of carbonyl (C=O) groups excluding carboxylic acids is 2. The number of anilines is 2. The Bertz CT molecular complexity index is 1210. The number of aryl methyl sites for hydroxylation is 1. The molecule has 0 fully saturated rings. The molecule has 9 heteroatoms. The zero-order valence-corrected chi connectivity index (χ0v) is 18.6. The molecule has 166 valence electrons. The van der Waals surface area contributed by atoms with Crippen molar-refractivity contribution in [2.75, 3.05) is 22.4 Å². The first kappa shape index (κ1) is 23.0. The molecule has 1 heterocycles. The monoisotopic (exact) mass is 452 g/mol. The second kappa shape index (κ2) is 10.1. The van der Waals surface area contributed by atoms with Crippen LogP contribution in [-0.2, 0) is 21.4 Å². The third-order valence-electron chi connectivity index (χ3n) is 4.60. The summed E-state index contributed by atoms with van der Waals surface area (Å²) in [5, 5.41) is 5.45. The van der Waals surface area contributed by atoms with E-state index >= 15 is 0 Å². The minimum Gasteiger partial charge on any atom is -0.348 e. The predicted molar refractivity (Wildman–Crippen MR) is 124 cm³/mol. The molecule has 3 rings (SSSR count). The van der Waals surface area contributed by atoms with Crippen LogP contribution < -0.4 is 14.9 Å². The van der Waals surface area contributed by atoms with E-state index in [0.717, 1.165) is 21.7 Å². The van der Waals surface area contributed by atoms with Gasteiger partial charge in [0.25, 0.3) is 5.91 Å². The number of carbonyl (C=O) groups is 2. The summed E-state index contributed by atoms with van der Waals surface area (Å²) in [6, 6.07) is 17.0. The molecular weight excluding hydrogens is 428 g/mol. The number of nitrogens with zero attached hydrogens (tertiary/aromatic N) is 2. The lowest BCUT2D eigenvalue weighted by Gasteiger charge is -2.22. The fraction of sp³-hybridized carbons (Fsp3) is 0.174. The van der Waals surface area contributed by atoms with E-state index in [4.69, 9.17) is 0 Å². The van der Waals surface area contributed by atoms with Gasteiger partial charge in [0, 0.05) is 18.9 Å². The number of nitrogens with one attached hydrogen (secondary N) is 2. The van der Waals surface area contributed by atoms with Gasteiger partial charge in [0.1, 0.15) is 6.54 Å². The Morgan fingerprint density at radius 2 is 1.81 bits per heavy atom. The van der Waals surface area contributed by atoms with E-state index < -0.39 is 22.5 Å². The molecule has 0 aliphatic carbocycles. The lowest BCUT2D eigenvalue weighted by atomic mass is 10.1. The van der Waals surface area contributed by atoms with Gasteiger partial charge in [0.05, 0.1) is 23.2 Å². The number of aromatic nitrogens is 1. The van der Waals surface area contributed by atoms with Gasteiger partial charge in [-0.05, 0) is 48.4 Å². The van der Waals surface area contributed by atoms with E-state index in [1.807, 2.05) is 19.1 Å². The summed E-state index contributed by atoms with van der Waals surface area (Å²) in [7, 11) is -3.70. The van der Waals surface area contributed by atoms with Crippen LogP contribution in [-0.4, -0.2) is 38.0 Å². The summed E-state index contributed by atoms with van der Waals surface area (Å²) in [4.78, 5) is 29.4. The highest BCUT2D eigenvalue weighted by Crippen LogP contribution is 2.20. The molecule has 2 amide bonds. The van der Waals surface area contributed by atoms with Crippen LogP contribution in [0.25, 0.3) is 0 Å². The molecule has 1 aromatic heterocycles. The molecule has 0 spiro atoms. The lowest BCUT2D eigenvalue weighted by Crippen LogP contribution is -2.37. The number of amides is 2. The fourth-order valence-corrected chi connectivity index (χ4v) is 3.92. The van der Waals surface area contributed by atoms with Crippen LogP contribution >= 0.6 is 0 Å². The van der Waals surface area contributed by atoms with Gasteiger partial charge in [-0.15, -0.1) is 0 Å². The molecule has 0 saturated carbocycles. The average molecular weight is 453 g/mol. The topological polar surface area (TPSA) is 108 Å². The van der Waals surface area contributed by atoms with Crippen LogP contribution in [0, 0.1) is 6.92 Å². The van der Waals surface area contributed by atoms with Gasteiger partial charge >= 0.3 is 0 Å². The maximum absolute atomic E-state index is 12.7. The van der Waals surface area contributed by atoms with E-state index in [2.05, 4.69) is 15.6 Å². The van der Waals surface area contributed by atoms with Crippen LogP contribution in [0.15, 0.2) is 73.1 Å². The Morgan fingerprint density at radius 3 is 2.50 bits per heavy atom. The first-order valence-electron chi connectivity index (χ1n) is 9.84. The van der Waals surface area contributed by atoms with E-state index in [0.29, 0.717) is 11.4 Å².